The van der Waals surface area contributed by atoms with Gasteiger partial charge in [-0.1, -0.05) is 177 Å². The topological polar surface area (TPSA) is 17.1 Å². The molecule has 1 nitrogen and oxygen atoms in total. The lowest BCUT2D eigenvalue weighted by atomic mass is 9.84. The number of hydrogen-bond acceptors (Lipinski definition) is 1. The van der Waals surface area contributed by atoms with Crippen LogP contribution in [0.1, 0.15) is 18.1 Å². The molecule has 8 rings (SSSR count). The second-order valence-electron chi connectivity index (χ2n) is 13.2. The first kappa shape index (κ1) is 30.3. The molecule has 1 heterocycles. The fraction of sp³-hybridized carbons (Fsp3) is 0.0667. The van der Waals surface area contributed by atoms with Gasteiger partial charge in [0, 0.05) is 15.9 Å². The summed E-state index contributed by atoms with van der Waals surface area (Å²) in [6.45, 7) is 11.1. The van der Waals surface area contributed by atoms with Crippen molar-refractivity contribution in [2.75, 3.05) is 0 Å². The summed E-state index contributed by atoms with van der Waals surface area (Å²) in [7, 11) is -5.31. The van der Waals surface area contributed by atoms with Crippen LogP contribution in [0, 0.1) is 0 Å². The Hall–Kier alpha value is -5.01. The van der Waals surface area contributed by atoms with Crippen molar-refractivity contribution >= 4 is 75.2 Å². The lowest BCUT2D eigenvalue weighted by molar-refractivity contribution is 0.592. The van der Waals surface area contributed by atoms with E-state index in [1.165, 1.54) is 54.2 Å². The van der Waals surface area contributed by atoms with E-state index in [1.807, 2.05) is 42.5 Å². The molecule has 48 heavy (non-hydrogen) atoms. The minimum atomic E-state index is -3.08. The van der Waals surface area contributed by atoms with Crippen LogP contribution in [0.5, 0.6) is 0 Å². The number of benzene rings is 7. The fourth-order valence-electron chi connectivity index (χ4n) is 8.02. The second-order valence-corrected chi connectivity index (χ2v) is 20.2. The standard InChI is InChI=1S/C45H37OPSi/c1-5-17-31-18-16-25-35(34(31)6-2)45-38-23-12-10-21-36(38)44(37-22-11-13-24-39(37)45)32-28-29-41-43(30-32)48(3,4)42-27-15-14-26-40(42)47(41,46)33-19-8-7-9-20-33/h5-30H,2H2,1,3-4H3/b17-5-. The molecule has 0 radical (unpaired) electrons. The molecule has 1 unspecified atom stereocenters. The van der Waals surface area contributed by atoms with E-state index in [9.17, 15) is 0 Å². The van der Waals surface area contributed by atoms with Crippen LogP contribution >= 0.6 is 7.14 Å². The molecule has 3 heteroatoms. The monoisotopic (exact) mass is 652 g/mol. The smallest absolute Gasteiger partial charge is 0.170 e. The molecule has 0 amide bonds. The van der Waals surface area contributed by atoms with Crippen LogP contribution in [0.25, 0.3) is 56.0 Å². The van der Waals surface area contributed by atoms with Crippen molar-refractivity contribution in [2.24, 2.45) is 0 Å². The van der Waals surface area contributed by atoms with Crippen molar-refractivity contribution < 1.29 is 4.57 Å². The first-order chi connectivity index (χ1) is 23.4. The first-order valence-corrected chi connectivity index (χ1v) is 21.3. The molecule has 0 N–H and O–H groups in total. The van der Waals surface area contributed by atoms with Crippen molar-refractivity contribution in [1.82, 2.24) is 0 Å². The highest BCUT2D eigenvalue weighted by Gasteiger charge is 2.45. The largest absolute Gasteiger partial charge is 0.309 e. The van der Waals surface area contributed by atoms with E-state index in [0.29, 0.717) is 0 Å². The van der Waals surface area contributed by atoms with Gasteiger partial charge in [-0.15, -0.1) is 0 Å². The Morgan fingerprint density at radius 2 is 1.19 bits per heavy atom. The molecule has 0 bridgehead atoms. The Balaban J connectivity index is 1.45. The molecule has 0 aromatic heterocycles. The number of fused-ring (bicyclic) bond motifs is 4. The molecule has 1 aliphatic rings. The van der Waals surface area contributed by atoms with Crippen LogP contribution in [0.15, 0.2) is 152 Å². The fourth-order valence-corrected chi connectivity index (χ4v) is 16.2. The van der Waals surface area contributed by atoms with E-state index in [1.54, 1.807) is 0 Å². The summed E-state index contributed by atoms with van der Waals surface area (Å²) in [4.78, 5) is 0. The van der Waals surface area contributed by atoms with Gasteiger partial charge in [-0.2, -0.15) is 0 Å². The summed E-state index contributed by atoms with van der Waals surface area (Å²) in [5, 5.41) is 10.3. The van der Waals surface area contributed by atoms with Crippen LogP contribution in [0.2, 0.25) is 13.1 Å². The molecule has 0 saturated carbocycles. The maximum absolute atomic E-state index is 15.6. The first-order valence-electron chi connectivity index (χ1n) is 16.6. The maximum Gasteiger partial charge on any atom is 0.170 e. The van der Waals surface area contributed by atoms with Gasteiger partial charge in [0.05, 0.1) is 0 Å². The van der Waals surface area contributed by atoms with E-state index in [0.717, 1.165) is 27.0 Å². The van der Waals surface area contributed by atoms with Gasteiger partial charge in [-0.3, -0.25) is 0 Å². The quantitative estimate of drug-likeness (QED) is 0.103. The van der Waals surface area contributed by atoms with Gasteiger partial charge in [-0.25, -0.2) is 0 Å². The zero-order valence-corrected chi connectivity index (χ0v) is 29.5. The highest BCUT2D eigenvalue weighted by Crippen LogP contribution is 2.47. The summed E-state index contributed by atoms with van der Waals surface area (Å²) >= 11 is 0. The van der Waals surface area contributed by atoms with E-state index in [4.69, 9.17) is 0 Å². The Morgan fingerprint density at radius 3 is 1.83 bits per heavy atom. The van der Waals surface area contributed by atoms with Gasteiger partial charge in [0.15, 0.2) is 7.14 Å². The molecular formula is C45H37OPSi. The molecule has 7 aromatic rings. The van der Waals surface area contributed by atoms with Gasteiger partial charge in [-0.05, 0) is 72.2 Å². The molecule has 7 aromatic carbocycles. The van der Waals surface area contributed by atoms with E-state index >= 15 is 4.57 Å². The Labute approximate surface area is 284 Å². The third-order valence-corrected chi connectivity index (χ3v) is 17.4. The average Bonchev–Trinajstić information content (AvgIpc) is 3.13. The van der Waals surface area contributed by atoms with Crippen LogP contribution in [-0.2, 0) is 4.57 Å². The normalized spacial score (nSPS) is 16.6. The molecule has 0 saturated heterocycles. The maximum atomic E-state index is 15.6. The SMILES string of the molecule is C=Cc1c(/C=C\C)cccc1-c1c2ccccc2c(-c2ccc3c(c2)[Si](C)(C)c2ccccc2P3(=O)c2ccccc2)c2ccccc12. The van der Waals surface area contributed by atoms with Crippen LogP contribution in [0.3, 0.4) is 0 Å². The minimum Gasteiger partial charge on any atom is -0.309 e. The van der Waals surface area contributed by atoms with Crippen LogP contribution in [-0.4, -0.2) is 8.07 Å². The highest BCUT2D eigenvalue weighted by molar-refractivity contribution is 7.86. The second kappa shape index (κ2) is 11.6. The number of rotatable bonds is 5. The van der Waals surface area contributed by atoms with Crippen molar-refractivity contribution in [3.63, 3.8) is 0 Å². The zero-order valence-electron chi connectivity index (χ0n) is 27.6. The van der Waals surface area contributed by atoms with Crippen molar-refractivity contribution in [2.45, 2.75) is 20.0 Å². The summed E-state index contributed by atoms with van der Waals surface area (Å²) in [5.74, 6) is 0. The Morgan fingerprint density at radius 1 is 0.604 bits per heavy atom. The predicted octanol–water partition coefficient (Wildman–Crippen LogP) is 9.78. The van der Waals surface area contributed by atoms with Gasteiger partial charge >= 0.3 is 0 Å². The van der Waals surface area contributed by atoms with Crippen molar-refractivity contribution in [3.05, 3.63) is 163 Å². The minimum absolute atomic E-state index is 0.898. The van der Waals surface area contributed by atoms with Crippen LogP contribution in [0.4, 0.5) is 0 Å². The Bertz CT molecular complexity index is 2430. The predicted molar refractivity (Wildman–Crippen MR) is 213 cm³/mol. The van der Waals surface area contributed by atoms with Crippen LogP contribution < -0.4 is 26.3 Å². The summed E-state index contributed by atoms with van der Waals surface area (Å²) < 4.78 is 15.6. The lowest BCUT2D eigenvalue weighted by Crippen LogP contribution is -2.67. The Kier molecular flexibility index (Phi) is 7.33. The number of hydrogen-bond donors (Lipinski definition) is 0. The highest BCUT2D eigenvalue weighted by atomic mass is 31.2. The molecule has 0 aliphatic carbocycles. The van der Waals surface area contributed by atoms with Gasteiger partial charge in [0.25, 0.3) is 0 Å². The third kappa shape index (κ3) is 4.40. The molecule has 1 atom stereocenters. The van der Waals surface area contributed by atoms with E-state index in [-0.39, 0.29) is 0 Å². The summed E-state index contributed by atoms with van der Waals surface area (Å²) in [5.41, 5.74) is 7.08. The molecule has 0 spiro atoms. The number of allylic oxidation sites excluding steroid dienone is 1. The molecular weight excluding hydrogens is 616 g/mol. The van der Waals surface area contributed by atoms with E-state index < -0.39 is 15.2 Å². The molecule has 0 fully saturated rings. The molecule has 232 valence electrons. The zero-order chi connectivity index (χ0) is 33.0. The van der Waals surface area contributed by atoms with Gasteiger partial charge < -0.3 is 4.57 Å². The lowest BCUT2D eigenvalue weighted by Gasteiger charge is -2.38. The van der Waals surface area contributed by atoms with E-state index in [2.05, 4.69) is 142 Å². The summed E-state index contributed by atoms with van der Waals surface area (Å²) in [6, 6.07) is 49.5. The third-order valence-electron chi connectivity index (χ3n) is 10.2. The molecule has 1 aliphatic heterocycles. The summed E-state index contributed by atoms with van der Waals surface area (Å²) in [6.07, 6.45) is 6.23. The van der Waals surface area contributed by atoms with Crippen molar-refractivity contribution in [3.8, 4) is 22.3 Å². The average molecular weight is 653 g/mol. The van der Waals surface area contributed by atoms with Gasteiger partial charge in [0.1, 0.15) is 8.07 Å². The van der Waals surface area contributed by atoms with Gasteiger partial charge in [0.2, 0.25) is 0 Å². The van der Waals surface area contributed by atoms with Crippen molar-refractivity contribution in [1.29, 1.82) is 0 Å².